The highest BCUT2D eigenvalue weighted by atomic mass is 35.5. The van der Waals surface area contributed by atoms with Crippen molar-refractivity contribution in [3.8, 4) is 0 Å². The van der Waals surface area contributed by atoms with E-state index in [1.54, 1.807) is 0 Å². The molecule has 0 aromatic heterocycles. The van der Waals surface area contributed by atoms with Crippen LogP contribution in [0.1, 0.15) is 18.0 Å². The minimum Gasteiger partial charge on any atom is -0.257 e. The third kappa shape index (κ3) is 4.07. The summed E-state index contributed by atoms with van der Waals surface area (Å²) in [5, 5.41) is 9.53. The van der Waals surface area contributed by atoms with E-state index >= 15 is 0 Å². The van der Waals surface area contributed by atoms with E-state index in [1.165, 1.54) is 36.4 Å². The smallest absolute Gasteiger partial charge is 0.257 e. The Kier molecular flexibility index (Phi) is 4.91. The summed E-state index contributed by atoms with van der Waals surface area (Å²) in [5.41, 5.74) is -0.463. The SMILES string of the molecule is NS(=O)(=O)c1ccc(N2N=C(C(F)(F)F)CC2c2ccc(F)c(Cl)c2)cc1. The molecule has 27 heavy (non-hydrogen) atoms. The van der Waals surface area contributed by atoms with Crippen molar-refractivity contribution in [2.24, 2.45) is 10.2 Å². The maximum absolute atomic E-state index is 13.4. The molecule has 0 amide bonds. The number of benzene rings is 2. The van der Waals surface area contributed by atoms with Gasteiger partial charge in [-0.15, -0.1) is 0 Å². The average Bonchev–Trinajstić information content (AvgIpc) is 3.02. The van der Waals surface area contributed by atoms with Gasteiger partial charge in [-0.3, -0.25) is 5.01 Å². The van der Waals surface area contributed by atoms with E-state index in [-0.39, 0.29) is 15.6 Å². The van der Waals surface area contributed by atoms with E-state index in [2.05, 4.69) is 5.10 Å². The number of nitrogens with zero attached hydrogens (tertiary/aromatic N) is 2. The molecule has 2 aromatic rings. The van der Waals surface area contributed by atoms with E-state index in [1.807, 2.05) is 0 Å². The molecule has 0 aliphatic carbocycles. The van der Waals surface area contributed by atoms with Crippen LogP contribution in [0.2, 0.25) is 5.02 Å². The monoisotopic (exact) mass is 421 g/mol. The minimum absolute atomic E-state index is 0.188. The van der Waals surface area contributed by atoms with Crippen LogP contribution in [0.3, 0.4) is 0 Å². The lowest BCUT2D eigenvalue weighted by Crippen LogP contribution is -2.21. The molecule has 5 nitrogen and oxygen atoms in total. The van der Waals surface area contributed by atoms with Gasteiger partial charge in [0.2, 0.25) is 10.0 Å². The molecule has 0 bridgehead atoms. The molecular weight excluding hydrogens is 410 g/mol. The lowest BCUT2D eigenvalue weighted by atomic mass is 10.0. The largest absolute Gasteiger partial charge is 0.431 e. The van der Waals surface area contributed by atoms with Crippen molar-refractivity contribution < 1.29 is 26.0 Å². The van der Waals surface area contributed by atoms with Crippen molar-refractivity contribution in [3.05, 3.63) is 58.9 Å². The van der Waals surface area contributed by atoms with Gasteiger partial charge in [0.05, 0.1) is 21.6 Å². The Balaban J connectivity index is 2.04. The van der Waals surface area contributed by atoms with Crippen LogP contribution in [0.25, 0.3) is 0 Å². The molecule has 0 saturated carbocycles. The minimum atomic E-state index is -4.64. The fourth-order valence-corrected chi connectivity index (χ4v) is 3.39. The first-order valence-electron chi connectivity index (χ1n) is 7.48. The second-order valence-corrected chi connectivity index (χ2v) is 7.79. The zero-order valence-corrected chi connectivity index (χ0v) is 15.0. The number of hydrazone groups is 1. The van der Waals surface area contributed by atoms with Crippen LogP contribution in [0.15, 0.2) is 52.5 Å². The average molecular weight is 422 g/mol. The van der Waals surface area contributed by atoms with E-state index in [0.29, 0.717) is 5.56 Å². The van der Waals surface area contributed by atoms with E-state index < -0.39 is 40.2 Å². The molecule has 0 fully saturated rings. The Morgan fingerprint density at radius 3 is 2.30 bits per heavy atom. The topological polar surface area (TPSA) is 75.8 Å². The summed E-state index contributed by atoms with van der Waals surface area (Å²) in [7, 11) is -3.95. The molecule has 1 heterocycles. The Morgan fingerprint density at radius 2 is 1.78 bits per heavy atom. The van der Waals surface area contributed by atoms with Crippen LogP contribution < -0.4 is 10.1 Å². The van der Waals surface area contributed by atoms with Gasteiger partial charge in [-0.05, 0) is 42.0 Å². The second kappa shape index (κ2) is 6.77. The maximum Gasteiger partial charge on any atom is 0.431 e. The predicted octanol–water partition coefficient (Wildman–Crippen LogP) is 4.00. The third-order valence-corrected chi connectivity index (χ3v) is 5.21. The molecule has 2 N–H and O–H groups in total. The number of halogens is 5. The lowest BCUT2D eigenvalue weighted by Gasteiger charge is -2.24. The number of hydrogen-bond acceptors (Lipinski definition) is 4. The lowest BCUT2D eigenvalue weighted by molar-refractivity contribution is -0.0600. The molecule has 1 atom stereocenters. The van der Waals surface area contributed by atoms with Gasteiger partial charge in [0, 0.05) is 6.42 Å². The van der Waals surface area contributed by atoms with E-state index in [0.717, 1.165) is 11.1 Å². The van der Waals surface area contributed by atoms with Gasteiger partial charge in [0.1, 0.15) is 11.5 Å². The molecule has 144 valence electrons. The van der Waals surface area contributed by atoms with Crippen molar-refractivity contribution in [1.82, 2.24) is 0 Å². The summed E-state index contributed by atoms with van der Waals surface area (Å²) < 4.78 is 75.6. The first-order valence-corrected chi connectivity index (χ1v) is 9.41. The van der Waals surface area contributed by atoms with Crippen molar-refractivity contribution >= 4 is 33.0 Å². The molecule has 2 aromatic carbocycles. The summed E-state index contributed by atoms with van der Waals surface area (Å²) >= 11 is 5.75. The van der Waals surface area contributed by atoms with Crippen LogP contribution in [-0.2, 0) is 10.0 Å². The summed E-state index contributed by atoms with van der Waals surface area (Å²) in [6.45, 7) is 0. The molecule has 0 radical (unpaired) electrons. The Morgan fingerprint density at radius 1 is 1.15 bits per heavy atom. The summed E-state index contributed by atoms with van der Waals surface area (Å²) in [6, 6.07) is 7.66. The normalized spacial score (nSPS) is 17.9. The zero-order valence-electron chi connectivity index (χ0n) is 13.4. The standard InChI is InChI=1S/C16H12ClF4N3O2S/c17-12-7-9(1-6-13(12)18)14-8-15(16(19,20)21)23-24(14)10-2-4-11(5-3-10)27(22,25)26/h1-7,14H,8H2,(H2,22,25,26). The van der Waals surface area contributed by atoms with Crippen molar-refractivity contribution in [2.75, 3.05) is 5.01 Å². The van der Waals surface area contributed by atoms with Gasteiger partial charge in [0.15, 0.2) is 0 Å². The predicted molar refractivity (Wildman–Crippen MR) is 92.6 cm³/mol. The van der Waals surface area contributed by atoms with Gasteiger partial charge >= 0.3 is 6.18 Å². The number of alkyl halides is 3. The van der Waals surface area contributed by atoms with Gasteiger partial charge in [-0.1, -0.05) is 17.7 Å². The molecule has 0 saturated heterocycles. The van der Waals surface area contributed by atoms with Crippen molar-refractivity contribution in [2.45, 2.75) is 23.5 Å². The fourth-order valence-electron chi connectivity index (χ4n) is 2.69. The molecule has 1 aliphatic heterocycles. The van der Waals surface area contributed by atoms with Crippen molar-refractivity contribution in [3.63, 3.8) is 0 Å². The highest BCUT2D eigenvalue weighted by Gasteiger charge is 2.43. The molecule has 1 aliphatic rings. The first kappa shape index (κ1) is 19.6. The van der Waals surface area contributed by atoms with Crippen LogP contribution >= 0.6 is 11.6 Å². The number of rotatable bonds is 3. The maximum atomic E-state index is 13.4. The number of primary sulfonamides is 1. The summed E-state index contributed by atoms with van der Waals surface area (Å²) in [6.07, 6.45) is -5.11. The molecule has 0 spiro atoms. The number of sulfonamides is 1. The van der Waals surface area contributed by atoms with Crippen LogP contribution in [0.4, 0.5) is 23.2 Å². The highest BCUT2D eigenvalue weighted by molar-refractivity contribution is 7.89. The van der Waals surface area contributed by atoms with Gasteiger partial charge in [0.25, 0.3) is 0 Å². The Hall–Kier alpha value is -2.17. The first-order chi connectivity index (χ1) is 12.5. The van der Waals surface area contributed by atoms with Gasteiger partial charge in [-0.25, -0.2) is 17.9 Å². The highest BCUT2D eigenvalue weighted by Crippen LogP contribution is 2.40. The summed E-state index contributed by atoms with van der Waals surface area (Å²) in [5.74, 6) is -0.695. The fraction of sp³-hybridized carbons (Fsp3) is 0.188. The Labute approximate surface area is 157 Å². The van der Waals surface area contributed by atoms with E-state index in [4.69, 9.17) is 16.7 Å². The Bertz CT molecular complexity index is 1010. The van der Waals surface area contributed by atoms with Crippen LogP contribution in [-0.4, -0.2) is 20.3 Å². The molecule has 1 unspecified atom stereocenters. The number of nitrogens with two attached hydrogens (primary N) is 1. The summed E-state index contributed by atoms with van der Waals surface area (Å²) in [4.78, 5) is -0.188. The van der Waals surface area contributed by atoms with Crippen LogP contribution in [0.5, 0.6) is 0 Å². The van der Waals surface area contributed by atoms with Gasteiger partial charge < -0.3 is 0 Å². The van der Waals surface area contributed by atoms with Crippen LogP contribution in [0, 0.1) is 5.82 Å². The molecule has 3 rings (SSSR count). The van der Waals surface area contributed by atoms with Crippen molar-refractivity contribution in [1.29, 1.82) is 0 Å². The third-order valence-electron chi connectivity index (χ3n) is 4.00. The molecular formula is C16H12ClF4N3O2S. The van der Waals surface area contributed by atoms with E-state index in [9.17, 15) is 26.0 Å². The quantitative estimate of drug-likeness (QED) is 0.761. The number of anilines is 1. The zero-order chi connectivity index (χ0) is 20.0. The van der Waals surface area contributed by atoms with Gasteiger partial charge in [-0.2, -0.15) is 18.3 Å². The molecule has 11 heteroatoms. The second-order valence-electron chi connectivity index (χ2n) is 5.82. The number of hydrogen-bond donors (Lipinski definition) is 1.